The zero-order valence-corrected chi connectivity index (χ0v) is 11.6. The first-order valence-electron chi connectivity index (χ1n) is 6.74. The van der Waals surface area contributed by atoms with E-state index in [-0.39, 0.29) is 5.91 Å². The molecule has 2 atom stereocenters. The van der Waals surface area contributed by atoms with Crippen molar-refractivity contribution in [1.82, 2.24) is 9.80 Å². The van der Waals surface area contributed by atoms with Gasteiger partial charge in [0.1, 0.15) is 0 Å². The normalized spacial score (nSPS) is 27.7. The summed E-state index contributed by atoms with van der Waals surface area (Å²) in [4.78, 5) is 16.0. The van der Waals surface area contributed by atoms with Gasteiger partial charge < -0.3 is 9.80 Å². The highest BCUT2D eigenvalue weighted by Crippen LogP contribution is 2.41. The van der Waals surface area contributed by atoms with E-state index in [9.17, 15) is 4.79 Å². The van der Waals surface area contributed by atoms with Gasteiger partial charge >= 0.3 is 0 Å². The van der Waals surface area contributed by atoms with Crippen LogP contribution in [0, 0.1) is 5.92 Å². The first kappa shape index (κ1) is 14.2. The maximum absolute atomic E-state index is 11.7. The van der Waals surface area contributed by atoms with Gasteiger partial charge in [-0.15, -0.1) is 0 Å². The molecule has 3 heteroatoms. The monoisotopic (exact) mass is 238 g/mol. The summed E-state index contributed by atoms with van der Waals surface area (Å²) in [6.07, 6.45) is 5.13. The summed E-state index contributed by atoms with van der Waals surface area (Å²) in [7, 11) is 4.23. The molecule has 3 nitrogen and oxygen atoms in total. The SMILES string of the molecule is C=CC(=O)N1CCC(N(C)C)C1C1CC1.CC. The van der Waals surface area contributed by atoms with Gasteiger partial charge in [0.25, 0.3) is 0 Å². The minimum Gasteiger partial charge on any atom is -0.334 e. The smallest absolute Gasteiger partial charge is 0.246 e. The second-order valence-electron chi connectivity index (χ2n) is 4.88. The van der Waals surface area contributed by atoms with E-state index in [2.05, 4.69) is 25.6 Å². The summed E-state index contributed by atoms with van der Waals surface area (Å²) in [6.45, 7) is 8.48. The van der Waals surface area contributed by atoms with Crippen LogP contribution < -0.4 is 0 Å². The van der Waals surface area contributed by atoms with E-state index < -0.39 is 0 Å². The lowest BCUT2D eigenvalue weighted by molar-refractivity contribution is -0.127. The average molecular weight is 238 g/mol. The topological polar surface area (TPSA) is 23.6 Å². The molecule has 2 fully saturated rings. The Kier molecular flexibility index (Phi) is 5.19. The van der Waals surface area contributed by atoms with Crippen LogP contribution in [0.5, 0.6) is 0 Å². The Morgan fingerprint density at radius 2 is 1.88 bits per heavy atom. The number of hydrogen-bond donors (Lipinski definition) is 0. The van der Waals surface area contributed by atoms with Gasteiger partial charge in [-0.3, -0.25) is 4.79 Å². The number of rotatable bonds is 3. The second kappa shape index (κ2) is 6.20. The molecule has 0 N–H and O–H groups in total. The van der Waals surface area contributed by atoms with Crippen LogP contribution >= 0.6 is 0 Å². The van der Waals surface area contributed by atoms with Crippen molar-refractivity contribution in [2.24, 2.45) is 5.92 Å². The van der Waals surface area contributed by atoms with Crippen molar-refractivity contribution < 1.29 is 4.79 Å². The Labute approximate surface area is 105 Å². The standard InChI is InChI=1S/C12H20N2O.C2H6/c1-4-11(15)14-8-7-10(13(2)3)12(14)9-5-6-9;1-2/h4,9-10,12H,1,5-8H2,2-3H3;1-2H3. The lowest BCUT2D eigenvalue weighted by atomic mass is 10.0. The minimum absolute atomic E-state index is 0.108. The summed E-state index contributed by atoms with van der Waals surface area (Å²) in [5.41, 5.74) is 0. The average Bonchev–Trinajstić information content (AvgIpc) is 3.09. The fraction of sp³-hybridized carbons (Fsp3) is 0.786. The predicted octanol–water partition coefficient (Wildman–Crippen LogP) is 2.14. The molecular weight excluding hydrogens is 212 g/mol. The summed E-state index contributed by atoms with van der Waals surface area (Å²) in [5.74, 6) is 0.847. The first-order chi connectivity index (χ1) is 8.15. The third-order valence-electron chi connectivity index (χ3n) is 3.65. The minimum atomic E-state index is 0.108. The van der Waals surface area contributed by atoms with Crippen LogP contribution in [0.15, 0.2) is 12.7 Å². The third-order valence-corrected chi connectivity index (χ3v) is 3.65. The van der Waals surface area contributed by atoms with Crippen molar-refractivity contribution >= 4 is 5.91 Å². The fourth-order valence-electron chi connectivity index (χ4n) is 2.74. The number of likely N-dealkylation sites (N-methyl/N-ethyl adjacent to an activating group) is 1. The molecule has 2 unspecified atom stereocenters. The van der Waals surface area contributed by atoms with Gasteiger partial charge in [0, 0.05) is 12.6 Å². The van der Waals surface area contributed by atoms with Crippen LogP contribution in [0.2, 0.25) is 0 Å². The molecule has 0 aromatic rings. The number of amides is 1. The van der Waals surface area contributed by atoms with Crippen molar-refractivity contribution in [1.29, 1.82) is 0 Å². The Hall–Kier alpha value is -0.830. The molecule has 2 aliphatic rings. The molecule has 98 valence electrons. The van der Waals surface area contributed by atoms with Crippen LogP contribution in [0.4, 0.5) is 0 Å². The zero-order chi connectivity index (χ0) is 13.0. The van der Waals surface area contributed by atoms with Gasteiger partial charge in [0.15, 0.2) is 0 Å². The number of likely N-dealkylation sites (tertiary alicyclic amines) is 1. The van der Waals surface area contributed by atoms with E-state index in [0.29, 0.717) is 12.1 Å². The summed E-state index contributed by atoms with van der Waals surface area (Å²) in [5, 5.41) is 0. The number of carbonyl (C=O) groups excluding carboxylic acids is 1. The van der Waals surface area contributed by atoms with Crippen molar-refractivity contribution in [3.05, 3.63) is 12.7 Å². The van der Waals surface area contributed by atoms with Crippen LogP contribution in [0.3, 0.4) is 0 Å². The maximum atomic E-state index is 11.7. The van der Waals surface area contributed by atoms with Gasteiger partial charge in [-0.1, -0.05) is 20.4 Å². The predicted molar refractivity (Wildman–Crippen MR) is 71.9 cm³/mol. The van der Waals surface area contributed by atoms with Crippen molar-refractivity contribution in [2.45, 2.75) is 45.2 Å². The van der Waals surface area contributed by atoms with Crippen molar-refractivity contribution in [2.75, 3.05) is 20.6 Å². The van der Waals surface area contributed by atoms with Gasteiger partial charge in [0.05, 0.1) is 6.04 Å². The van der Waals surface area contributed by atoms with Crippen LogP contribution in [0.1, 0.15) is 33.1 Å². The van der Waals surface area contributed by atoms with Crippen LogP contribution in [-0.4, -0.2) is 48.4 Å². The largest absolute Gasteiger partial charge is 0.334 e. The summed E-state index contributed by atoms with van der Waals surface area (Å²) < 4.78 is 0. The molecule has 0 aromatic carbocycles. The van der Waals surface area contributed by atoms with E-state index in [1.54, 1.807) is 0 Å². The number of hydrogen-bond acceptors (Lipinski definition) is 2. The zero-order valence-electron chi connectivity index (χ0n) is 11.6. The maximum Gasteiger partial charge on any atom is 0.246 e. The third kappa shape index (κ3) is 3.09. The Morgan fingerprint density at radius 3 is 2.29 bits per heavy atom. The number of carbonyl (C=O) groups is 1. The molecule has 1 saturated carbocycles. The van der Waals surface area contributed by atoms with Crippen molar-refractivity contribution in [3.63, 3.8) is 0 Å². The molecule has 0 bridgehead atoms. The Morgan fingerprint density at radius 1 is 1.29 bits per heavy atom. The van der Waals surface area contributed by atoms with Crippen LogP contribution in [0.25, 0.3) is 0 Å². The lowest BCUT2D eigenvalue weighted by Crippen LogP contribution is -2.45. The highest BCUT2D eigenvalue weighted by molar-refractivity contribution is 5.87. The highest BCUT2D eigenvalue weighted by Gasteiger charge is 2.46. The molecular formula is C14H26N2O. The first-order valence-corrected chi connectivity index (χ1v) is 6.74. The lowest BCUT2D eigenvalue weighted by Gasteiger charge is -2.31. The molecule has 1 aliphatic heterocycles. The van der Waals surface area contributed by atoms with E-state index in [4.69, 9.17) is 0 Å². The molecule has 1 heterocycles. The quantitative estimate of drug-likeness (QED) is 0.703. The summed E-state index contributed by atoms with van der Waals surface area (Å²) >= 11 is 0. The fourth-order valence-corrected chi connectivity index (χ4v) is 2.74. The van der Waals surface area contributed by atoms with Gasteiger partial charge in [-0.25, -0.2) is 0 Å². The van der Waals surface area contributed by atoms with Crippen molar-refractivity contribution in [3.8, 4) is 0 Å². The van der Waals surface area contributed by atoms with E-state index in [1.165, 1.54) is 18.9 Å². The van der Waals surface area contributed by atoms with E-state index in [0.717, 1.165) is 18.9 Å². The van der Waals surface area contributed by atoms with E-state index in [1.807, 2.05) is 18.7 Å². The van der Waals surface area contributed by atoms with Crippen LogP contribution in [-0.2, 0) is 4.79 Å². The molecule has 1 saturated heterocycles. The molecule has 0 aromatic heterocycles. The number of nitrogens with zero attached hydrogens (tertiary/aromatic N) is 2. The van der Waals surface area contributed by atoms with Gasteiger partial charge in [0.2, 0.25) is 5.91 Å². The molecule has 17 heavy (non-hydrogen) atoms. The molecule has 1 amide bonds. The molecule has 2 rings (SSSR count). The summed E-state index contributed by atoms with van der Waals surface area (Å²) in [6, 6.07) is 0.979. The van der Waals surface area contributed by atoms with Gasteiger partial charge in [-0.05, 0) is 45.4 Å². The Balaban J connectivity index is 0.000000686. The molecule has 1 aliphatic carbocycles. The highest BCUT2D eigenvalue weighted by atomic mass is 16.2. The molecule has 0 radical (unpaired) electrons. The Bertz CT molecular complexity index is 271. The van der Waals surface area contributed by atoms with Gasteiger partial charge in [-0.2, -0.15) is 0 Å². The second-order valence-corrected chi connectivity index (χ2v) is 4.88. The molecule has 0 spiro atoms. The van der Waals surface area contributed by atoms with E-state index >= 15 is 0 Å².